The summed E-state index contributed by atoms with van der Waals surface area (Å²) in [5, 5.41) is 19.4. The summed E-state index contributed by atoms with van der Waals surface area (Å²) >= 11 is 0. The first kappa shape index (κ1) is 12.9. The van der Waals surface area contributed by atoms with E-state index in [-0.39, 0.29) is 5.91 Å². The van der Waals surface area contributed by atoms with Gasteiger partial charge < -0.3 is 15.1 Å². The number of hydrogen-bond donors (Lipinski definition) is 2. The first-order chi connectivity index (χ1) is 8.90. The molecule has 3 rings (SSSR count). The summed E-state index contributed by atoms with van der Waals surface area (Å²) in [6, 6.07) is 0. The number of rotatable bonds is 3. The molecule has 0 spiro atoms. The van der Waals surface area contributed by atoms with Gasteiger partial charge in [-0.25, -0.2) is 0 Å². The van der Waals surface area contributed by atoms with Crippen molar-refractivity contribution in [2.45, 2.75) is 38.2 Å². The van der Waals surface area contributed by atoms with Crippen molar-refractivity contribution in [2.75, 3.05) is 13.1 Å². The number of amides is 1. The molecule has 3 unspecified atom stereocenters. The zero-order valence-corrected chi connectivity index (χ0v) is 11.2. The maximum absolute atomic E-state index is 12.4. The van der Waals surface area contributed by atoms with Crippen molar-refractivity contribution in [3.8, 4) is 0 Å². The van der Waals surface area contributed by atoms with Crippen LogP contribution in [0.4, 0.5) is 0 Å². The van der Waals surface area contributed by atoms with Gasteiger partial charge in [-0.1, -0.05) is 6.92 Å². The Morgan fingerprint density at radius 3 is 2.26 bits per heavy atom. The van der Waals surface area contributed by atoms with Crippen LogP contribution in [0.25, 0.3) is 0 Å². The number of β-amino-alcohol motifs (C(OH)–C–C–N with tert-alkyl or cyclic N) is 1. The molecule has 3 fully saturated rings. The smallest absolute Gasteiger partial charge is 0.307 e. The van der Waals surface area contributed by atoms with Crippen molar-refractivity contribution in [1.82, 2.24) is 4.90 Å². The Morgan fingerprint density at radius 2 is 1.74 bits per heavy atom. The van der Waals surface area contributed by atoms with Crippen LogP contribution in [0.5, 0.6) is 0 Å². The summed E-state index contributed by atoms with van der Waals surface area (Å²) in [6.45, 7) is 2.79. The van der Waals surface area contributed by atoms with Gasteiger partial charge in [0.15, 0.2) is 0 Å². The summed E-state index contributed by atoms with van der Waals surface area (Å²) in [5.74, 6) is -1.22. The molecule has 1 saturated heterocycles. The van der Waals surface area contributed by atoms with Gasteiger partial charge in [0.1, 0.15) is 5.60 Å². The van der Waals surface area contributed by atoms with E-state index in [4.69, 9.17) is 0 Å². The second kappa shape index (κ2) is 4.20. The molecular formula is C14H21NO4. The van der Waals surface area contributed by atoms with E-state index in [1.807, 2.05) is 6.92 Å². The van der Waals surface area contributed by atoms with Crippen LogP contribution in [0, 0.1) is 23.7 Å². The zero-order valence-electron chi connectivity index (χ0n) is 11.2. The Morgan fingerprint density at radius 1 is 1.16 bits per heavy atom. The van der Waals surface area contributed by atoms with E-state index in [0.717, 1.165) is 12.8 Å². The number of carboxylic acids is 1. The SMILES string of the molecule is CC1CC(C(=O)O)C(C(=O)N2CC(O)(C3CC3)C2)C1. The van der Waals surface area contributed by atoms with Gasteiger partial charge in [-0.05, 0) is 37.5 Å². The average Bonchev–Trinajstić information content (AvgIpc) is 3.07. The van der Waals surface area contributed by atoms with Gasteiger partial charge in [0.25, 0.3) is 0 Å². The van der Waals surface area contributed by atoms with Crippen molar-refractivity contribution in [1.29, 1.82) is 0 Å². The average molecular weight is 267 g/mol. The molecule has 0 aromatic carbocycles. The quantitative estimate of drug-likeness (QED) is 0.789. The number of nitrogens with zero attached hydrogens (tertiary/aromatic N) is 1. The minimum atomic E-state index is -0.860. The van der Waals surface area contributed by atoms with E-state index >= 15 is 0 Å². The highest BCUT2D eigenvalue weighted by atomic mass is 16.4. The molecule has 1 amide bonds. The first-order valence-electron chi connectivity index (χ1n) is 7.14. The van der Waals surface area contributed by atoms with Crippen LogP contribution in [0.1, 0.15) is 32.6 Å². The lowest BCUT2D eigenvalue weighted by Crippen LogP contribution is -2.65. The molecule has 3 aliphatic rings. The highest BCUT2D eigenvalue weighted by molar-refractivity contribution is 5.86. The number of carbonyl (C=O) groups is 2. The van der Waals surface area contributed by atoms with Crippen LogP contribution in [-0.4, -0.2) is 45.7 Å². The number of aliphatic hydroxyl groups is 1. The number of hydrogen-bond acceptors (Lipinski definition) is 3. The molecule has 1 aliphatic heterocycles. The van der Waals surface area contributed by atoms with Crippen molar-refractivity contribution >= 4 is 11.9 Å². The lowest BCUT2D eigenvalue weighted by molar-refractivity contribution is -0.167. The zero-order chi connectivity index (χ0) is 13.8. The molecule has 3 atom stereocenters. The summed E-state index contributed by atoms with van der Waals surface area (Å²) in [6.07, 6.45) is 3.36. The van der Waals surface area contributed by atoms with E-state index in [9.17, 15) is 19.8 Å². The highest BCUT2D eigenvalue weighted by Gasteiger charge is 2.55. The number of carbonyl (C=O) groups excluding carboxylic acids is 1. The molecule has 5 nitrogen and oxygen atoms in total. The molecule has 0 bridgehead atoms. The maximum Gasteiger partial charge on any atom is 0.307 e. The molecule has 2 saturated carbocycles. The Hall–Kier alpha value is -1.10. The van der Waals surface area contributed by atoms with Gasteiger partial charge in [0.2, 0.25) is 5.91 Å². The van der Waals surface area contributed by atoms with Gasteiger partial charge >= 0.3 is 5.97 Å². The third kappa shape index (κ3) is 2.14. The Bertz CT molecular complexity index is 412. The van der Waals surface area contributed by atoms with E-state index in [1.165, 1.54) is 0 Å². The van der Waals surface area contributed by atoms with Gasteiger partial charge in [0.05, 0.1) is 24.9 Å². The first-order valence-corrected chi connectivity index (χ1v) is 7.14. The Balaban J connectivity index is 1.63. The van der Waals surface area contributed by atoms with Gasteiger partial charge in [-0.2, -0.15) is 0 Å². The van der Waals surface area contributed by atoms with Gasteiger partial charge in [-0.3, -0.25) is 9.59 Å². The molecule has 19 heavy (non-hydrogen) atoms. The molecule has 106 valence electrons. The lowest BCUT2D eigenvalue weighted by Gasteiger charge is -2.48. The third-order valence-electron chi connectivity index (χ3n) is 5.01. The number of likely N-dealkylation sites (tertiary alicyclic amines) is 1. The van der Waals surface area contributed by atoms with Crippen molar-refractivity contribution < 1.29 is 19.8 Å². The number of carboxylic acid groups (broad SMARTS) is 1. The van der Waals surface area contributed by atoms with Crippen LogP contribution in [0.3, 0.4) is 0 Å². The van der Waals surface area contributed by atoms with Crippen molar-refractivity contribution in [3.05, 3.63) is 0 Å². The minimum Gasteiger partial charge on any atom is -0.481 e. The van der Waals surface area contributed by atoms with E-state index in [2.05, 4.69) is 0 Å². The normalized spacial score (nSPS) is 36.9. The minimum absolute atomic E-state index is 0.0675. The van der Waals surface area contributed by atoms with Gasteiger partial charge in [0, 0.05) is 0 Å². The number of aliphatic carboxylic acids is 1. The molecule has 0 radical (unpaired) electrons. The molecule has 0 aromatic rings. The monoisotopic (exact) mass is 267 g/mol. The van der Waals surface area contributed by atoms with E-state index in [0.29, 0.717) is 37.8 Å². The van der Waals surface area contributed by atoms with Gasteiger partial charge in [-0.15, -0.1) is 0 Å². The molecule has 2 N–H and O–H groups in total. The molecule has 1 heterocycles. The second-order valence-corrected chi connectivity index (χ2v) is 6.70. The van der Waals surface area contributed by atoms with Crippen LogP contribution in [0.2, 0.25) is 0 Å². The van der Waals surface area contributed by atoms with Crippen LogP contribution in [0.15, 0.2) is 0 Å². The Labute approximate surface area is 112 Å². The van der Waals surface area contributed by atoms with Crippen LogP contribution < -0.4 is 0 Å². The van der Waals surface area contributed by atoms with E-state index < -0.39 is 23.4 Å². The summed E-state index contributed by atoms with van der Waals surface area (Å²) in [5.41, 5.74) is -0.682. The molecule has 0 aromatic heterocycles. The summed E-state index contributed by atoms with van der Waals surface area (Å²) in [7, 11) is 0. The third-order valence-corrected chi connectivity index (χ3v) is 5.01. The Kier molecular flexibility index (Phi) is 2.85. The largest absolute Gasteiger partial charge is 0.481 e. The fourth-order valence-electron chi connectivity index (χ4n) is 3.72. The predicted molar refractivity (Wildman–Crippen MR) is 67.3 cm³/mol. The fraction of sp³-hybridized carbons (Fsp3) is 0.857. The van der Waals surface area contributed by atoms with Crippen molar-refractivity contribution in [2.24, 2.45) is 23.7 Å². The van der Waals surface area contributed by atoms with E-state index in [1.54, 1.807) is 4.90 Å². The molecular weight excluding hydrogens is 246 g/mol. The highest BCUT2D eigenvalue weighted by Crippen LogP contribution is 2.46. The summed E-state index contributed by atoms with van der Waals surface area (Å²) in [4.78, 5) is 25.2. The predicted octanol–water partition coefficient (Wildman–Crippen LogP) is 0.717. The second-order valence-electron chi connectivity index (χ2n) is 6.70. The molecule has 5 heteroatoms. The molecule has 2 aliphatic carbocycles. The lowest BCUT2D eigenvalue weighted by atomic mass is 9.85. The van der Waals surface area contributed by atoms with Crippen LogP contribution >= 0.6 is 0 Å². The topological polar surface area (TPSA) is 77.8 Å². The van der Waals surface area contributed by atoms with Crippen molar-refractivity contribution in [3.63, 3.8) is 0 Å². The fourth-order valence-corrected chi connectivity index (χ4v) is 3.72. The van der Waals surface area contributed by atoms with Crippen LogP contribution in [-0.2, 0) is 9.59 Å². The maximum atomic E-state index is 12.4. The standard InChI is InChI=1S/C14H21NO4/c1-8-4-10(11(5-8)13(17)18)12(16)15-6-14(19,7-15)9-2-3-9/h8-11,19H,2-7H2,1H3,(H,17,18). The summed E-state index contributed by atoms with van der Waals surface area (Å²) < 4.78 is 0.